The molecule has 0 aliphatic heterocycles. The van der Waals surface area contributed by atoms with Crippen molar-refractivity contribution < 1.29 is 0 Å². The van der Waals surface area contributed by atoms with Crippen molar-refractivity contribution in [3.63, 3.8) is 0 Å². The second-order valence-electron chi connectivity index (χ2n) is 4.93. The highest BCUT2D eigenvalue weighted by Crippen LogP contribution is 2.11. The van der Waals surface area contributed by atoms with Gasteiger partial charge in [0, 0.05) is 5.88 Å². The largest absolute Gasteiger partial charge is 0.316 e. The van der Waals surface area contributed by atoms with Crippen LogP contribution in [0.2, 0.25) is 0 Å². The van der Waals surface area contributed by atoms with Gasteiger partial charge in [-0.15, -0.1) is 11.6 Å². The van der Waals surface area contributed by atoms with E-state index in [9.17, 15) is 0 Å². The third kappa shape index (κ3) is 7.03. The van der Waals surface area contributed by atoms with Crippen molar-refractivity contribution in [1.29, 1.82) is 0 Å². The van der Waals surface area contributed by atoms with Gasteiger partial charge in [-0.1, -0.05) is 43.7 Å². The molecule has 0 aliphatic carbocycles. The maximum atomic E-state index is 5.82. The number of aryl methyl sites for hydroxylation is 1. The molecule has 0 radical (unpaired) electrons. The van der Waals surface area contributed by atoms with E-state index < -0.39 is 0 Å². The average molecular weight is 268 g/mol. The molecular weight excluding hydrogens is 242 g/mol. The van der Waals surface area contributed by atoms with E-state index in [0.717, 1.165) is 31.3 Å². The van der Waals surface area contributed by atoms with E-state index in [2.05, 4.69) is 42.6 Å². The van der Waals surface area contributed by atoms with Crippen LogP contribution >= 0.6 is 11.6 Å². The van der Waals surface area contributed by atoms with Crippen LogP contribution in [0, 0.1) is 5.92 Å². The third-order valence-electron chi connectivity index (χ3n) is 3.31. The highest BCUT2D eigenvalue weighted by atomic mass is 35.5. The fourth-order valence-electron chi connectivity index (χ4n) is 2.28. The van der Waals surface area contributed by atoms with Gasteiger partial charge < -0.3 is 5.32 Å². The predicted molar refractivity (Wildman–Crippen MR) is 81.4 cm³/mol. The van der Waals surface area contributed by atoms with Gasteiger partial charge in [0.1, 0.15) is 0 Å². The maximum absolute atomic E-state index is 5.82. The summed E-state index contributed by atoms with van der Waals surface area (Å²) in [6.45, 7) is 4.48. The van der Waals surface area contributed by atoms with Crippen molar-refractivity contribution in [2.45, 2.75) is 39.0 Å². The molecule has 0 heterocycles. The first-order valence-electron chi connectivity index (χ1n) is 7.17. The molecule has 0 aliphatic rings. The Kier molecular flexibility index (Phi) is 8.97. The van der Waals surface area contributed by atoms with Crippen LogP contribution in [-0.2, 0) is 6.42 Å². The molecule has 0 spiro atoms. The van der Waals surface area contributed by atoms with E-state index >= 15 is 0 Å². The SMILES string of the molecule is CCCC(CCCl)CNCCCc1ccccc1. The number of rotatable bonds is 10. The van der Waals surface area contributed by atoms with Crippen LogP contribution in [-0.4, -0.2) is 19.0 Å². The van der Waals surface area contributed by atoms with Gasteiger partial charge >= 0.3 is 0 Å². The van der Waals surface area contributed by atoms with Crippen LogP contribution < -0.4 is 5.32 Å². The van der Waals surface area contributed by atoms with Crippen LogP contribution in [0.15, 0.2) is 30.3 Å². The van der Waals surface area contributed by atoms with Crippen molar-refractivity contribution in [2.75, 3.05) is 19.0 Å². The molecule has 0 bridgehead atoms. The zero-order valence-corrected chi connectivity index (χ0v) is 12.3. The van der Waals surface area contributed by atoms with Gasteiger partial charge in [-0.25, -0.2) is 0 Å². The third-order valence-corrected chi connectivity index (χ3v) is 3.53. The Morgan fingerprint density at radius 1 is 1.17 bits per heavy atom. The lowest BCUT2D eigenvalue weighted by atomic mass is 10.0. The summed E-state index contributed by atoms with van der Waals surface area (Å²) in [5.74, 6) is 1.54. The van der Waals surface area contributed by atoms with Gasteiger partial charge in [0.15, 0.2) is 0 Å². The Bertz CT molecular complexity index is 280. The van der Waals surface area contributed by atoms with E-state index in [1.165, 1.54) is 31.2 Å². The Balaban J connectivity index is 2.06. The molecule has 0 amide bonds. The summed E-state index contributed by atoms with van der Waals surface area (Å²) in [6, 6.07) is 10.7. The molecule has 0 saturated heterocycles. The van der Waals surface area contributed by atoms with E-state index in [1.807, 2.05) is 0 Å². The summed E-state index contributed by atoms with van der Waals surface area (Å²) < 4.78 is 0. The van der Waals surface area contributed by atoms with Crippen LogP contribution in [0.4, 0.5) is 0 Å². The van der Waals surface area contributed by atoms with Crippen LogP contribution in [0.25, 0.3) is 0 Å². The summed E-state index contributed by atoms with van der Waals surface area (Å²) in [6.07, 6.45) is 6.07. The smallest absolute Gasteiger partial charge is 0.0226 e. The first-order valence-corrected chi connectivity index (χ1v) is 7.70. The van der Waals surface area contributed by atoms with E-state index in [1.54, 1.807) is 0 Å². The zero-order valence-electron chi connectivity index (χ0n) is 11.5. The fourth-order valence-corrected chi connectivity index (χ4v) is 2.59. The van der Waals surface area contributed by atoms with Crippen molar-refractivity contribution >= 4 is 11.6 Å². The molecule has 1 unspecified atom stereocenters. The molecule has 1 nitrogen and oxygen atoms in total. The molecule has 0 saturated carbocycles. The predicted octanol–water partition coefficient (Wildman–Crippen LogP) is 4.25. The van der Waals surface area contributed by atoms with Gasteiger partial charge in [0.25, 0.3) is 0 Å². The van der Waals surface area contributed by atoms with Gasteiger partial charge in [0.05, 0.1) is 0 Å². The Labute approximate surface area is 117 Å². The fraction of sp³-hybridized carbons (Fsp3) is 0.625. The van der Waals surface area contributed by atoms with Gasteiger partial charge in [-0.2, -0.15) is 0 Å². The minimum Gasteiger partial charge on any atom is -0.316 e. The lowest BCUT2D eigenvalue weighted by molar-refractivity contribution is 0.429. The summed E-state index contributed by atoms with van der Waals surface area (Å²) in [5, 5.41) is 3.57. The van der Waals surface area contributed by atoms with E-state index in [0.29, 0.717) is 0 Å². The Morgan fingerprint density at radius 2 is 1.94 bits per heavy atom. The molecule has 0 aromatic heterocycles. The summed E-state index contributed by atoms with van der Waals surface area (Å²) in [7, 11) is 0. The standard InChI is InChI=1S/C16H26ClN/c1-2-7-16(11-12-17)14-18-13-6-10-15-8-4-3-5-9-15/h3-5,8-9,16,18H,2,6-7,10-14H2,1H3. The molecule has 1 rings (SSSR count). The van der Waals surface area contributed by atoms with Crippen molar-refractivity contribution in [3.8, 4) is 0 Å². The summed E-state index contributed by atoms with van der Waals surface area (Å²) in [5.41, 5.74) is 1.44. The average Bonchev–Trinajstić information content (AvgIpc) is 2.40. The lowest BCUT2D eigenvalue weighted by Crippen LogP contribution is -2.24. The van der Waals surface area contributed by atoms with Crippen LogP contribution in [0.1, 0.15) is 38.2 Å². The second-order valence-corrected chi connectivity index (χ2v) is 5.30. The first kappa shape index (κ1) is 15.5. The minimum absolute atomic E-state index is 0.754. The molecule has 18 heavy (non-hydrogen) atoms. The summed E-state index contributed by atoms with van der Waals surface area (Å²) >= 11 is 5.82. The topological polar surface area (TPSA) is 12.0 Å². The quantitative estimate of drug-likeness (QED) is 0.494. The molecule has 1 aromatic rings. The number of nitrogens with one attached hydrogen (secondary N) is 1. The number of alkyl halides is 1. The number of benzene rings is 1. The highest BCUT2D eigenvalue weighted by molar-refractivity contribution is 6.17. The van der Waals surface area contributed by atoms with E-state index in [4.69, 9.17) is 11.6 Å². The summed E-state index contributed by atoms with van der Waals surface area (Å²) in [4.78, 5) is 0. The van der Waals surface area contributed by atoms with Gasteiger partial charge in [-0.3, -0.25) is 0 Å². The minimum atomic E-state index is 0.754. The lowest BCUT2D eigenvalue weighted by Gasteiger charge is -2.15. The Hall–Kier alpha value is -0.530. The van der Waals surface area contributed by atoms with Crippen LogP contribution in [0.5, 0.6) is 0 Å². The number of hydrogen-bond acceptors (Lipinski definition) is 1. The first-order chi connectivity index (χ1) is 8.86. The Morgan fingerprint density at radius 3 is 2.61 bits per heavy atom. The zero-order chi connectivity index (χ0) is 13.1. The van der Waals surface area contributed by atoms with Gasteiger partial charge in [-0.05, 0) is 50.3 Å². The second kappa shape index (κ2) is 10.4. The number of hydrogen-bond donors (Lipinski definition) is 1. The molecule has 1 N–H and O–H groups in total. The molecular formula is C16H26ClN. The van der Waals surface area contributed by atoms with Crippen molar-refractivity contribution in [3.05, 3.63) is 35.9 Å². The normalized spacial score (nSPS) is 12.6. The molecule has 1 atom stereocenters. The molecule has 0 fully saturated rings. The highest BCUT2D eigenvalue weighted by Gasteiger charge is 2.05. The molecule has 2 heteroatoms. The maximum Gasteiger partial charge on any atom is 0.0226 e. The van der Waals surface area contributed by atoms with E-state index in [-0.39, 0.29) is 0 Å². The number of halogens is 1. The van der Waals surface area contributed by atoms with Crippen molar-refractivity contribution in [2.24, 2.45) is 5.92 Å². The molecule has 102 valence electrons. The molecule has 1 aromatic carbocycles. The van der Waals surface area contributed by atoms with Crippen molar-refractivity contribution in [1.82, 2.24) is 5.32 Å². The van der Waals surface area contributed by atoms with Gasteiger partial charge in [0.2, 0.25) is 0 Å². The van der Waals surface area contributed by atoms with Crippen LogP contribution in [0.3, 0.4) is 0 Å². The monoisotopic (exact) mass is 267 g/mol.